The van der Waals surface area contributed by atoms with E-state index < -0.39 is 15.6 Å². The minimum atomic E-state index is -3.50. The molecule has 2 N–H and O–H groups in total. The van der Waals surface area contributed by atoms with Crippen LogP contribution in [0.25, 0.3) is 0 Å². The molecule has 0 unspecified atom stereocenters. The third kappa shape index (κ3) is 3.81. The van der Waals surface area contributed by atoms with Gasteiger partial charge in [-0.25, -0.2) is 18.1 Å². The average molecular weight is 259 g/mol. The minimum Gasteiger partial charge on any atom is -0.332 e. The summed E-state index contributed by atoms with van der Waals surface area (Å²) < 4.78 is 26.8. The molecule has 0 spiro atoms. The zero-order valence-electron chi connectivity index (χ0n) is 10.9. The summed E-state index contributed by atoms with van der Waals surface area (Å²) in [4.78, 5) is 6.81. The number of aryl methyl sites for hydroxylation is 1. The molecule has 0 bridgehead atoms. The van der Waals surface area contributed by atoms with Gasteiger partial charge in [0.2, 0.25) is 0 Å². The van der Waals surface area contributed by atoms with Crippen LogP contribution in [0.2, 0.25) is 0 Å². The Morgan fingerprint density at radius 3 is 2.53 bits per heavy atom. The number of sulfonamides is 1. The molecule has 0 atom stereocenters. The van der Waals surface area contributed by atoms with E-state index >= 15 is 0 Å². The third-order valence-corrected chi connectivity index (χ3v) is 4.12. The molecule has 1 aromatic heterocycles. The molecular weight excluding hydrogens is 238 g/mol. The molecule has 0 radical (unpaired) electrons. The molecule has 0 aliphatic rings. The molecule has 98 valence electrons. The van der Waals surface area contributed by atoms with Crippen LogP contribution in [-0.2, 0) is 16.4 Å². The summed E-state index contributed by atoms with van der Waals surface area (Å²) in [7, 11) is -3.50. The number of nitrogens with one attached hydrogen (secondary N) is 2. The van der Waals surface area contributed by atoms with Crippen molar-refractivity contribution in [1.82, 2.24) is 14.7 Å². The van der Waals surface area contributed by atoms with Crippen molar-refractivity contribution in [3.63, 3.8) is 0 Å². The number of imidazole rings is 1. The first-order valence-electron chi connectivity index (χ1n) is 5.88. The second kappa shape index (κ2) is 5.18. The summed E-state index contributed by atoms with van der Waals surface area (Å²) in [6, 6.07) is 0. The number of hydrogen-bond acceptors (Lipinski definition) is 3. The molecule has 17 heavy (non-hydrogen) atoms. The van der Waals surface area contributed by atoms with Crippen LogP contribution in [0.15, 0.2) is 11.2 Å². The van der Waals surface area contributed by atoms with E-state index in [2.05, 4.69) is 14.7 Å². The Bertz CT molecular complexity index is 463. The highest BCUT2D eigenvalue weighted by molar-refractivity contribution is 7.89. The van der Waals surface area contributed by atoms with Crippen molar-refractivity contribution in [2.24, 2.45) is 0 Å². The second-order valence-corrected chi connectivity index (χ2v) is 6.44. The highest BCUT2D eigenvalue weighted by Gasteiger charge is 2.26. The Hall–Kier alpha value is -0.880. The van der Waals surface area contributed by atoms with Crippen molar-refractivity contribution in [3.05, 3.63) is 12.0 Å². The molecule has 0 saturated heterocycles. The van der Waals surface area contributed by atoms with E-state index in [-0.39, 0.29) is 5.03 Å². The van der Waals surface area contributed by atoms with Gasteiger partial charge >= 0.3 is 0 Å². The van der Waals surface area contributed by atoms with Gasteiger partial charge < -0.3 is 4.98 Å². The molecule has 5 nitrogen and oxygen atoms in total. The number of rotatable bonds is 6. The van der Waals surface area contributed by atoms with Crippen molar-refractivity contribution in [2.75, 3.05) is 0 Å². The van der Waals surface area contributed by atoms with Gasteiger partial charge in [-0.15, -0.1) is 0 Å². The molecule has 0 saturated carbocycles. The predicted molar refractivity (Wildman–Crippen MR) is 67.3 cm³/mol. The fourth-order valence-corrected chi connectivity index (χ4v) is 3.14. The van der Waals surface area contributed by atoms with E-state index in [4.69, 9.17) is 0 Å². The number of aromatic amines is 1. The first kappa shape index (κ1) is 14.2. The van der Waals surface area contributed by atoms with Gasteiger partial charge in [0.25, 0.3) is 10.0 Å². The molecule has 6 heteroatoms. The standard InChI is InChI=1S/C11H21N3O2S/c1-5-7-11(3,4)14-17(15,16)10-8-12-9(6-2)13-10/h8,14H,5-7H2,1-4H3,(H,12,13). The SMILES string of the molecule is CCCC(C)(C)NS(=O)(=O)c1cnc(CC)[nH]1. The van der Waals surface area contributed by atoms with Gasteiger partial charge in [0.15, 0.2) is 5.03 Å². The quantitative estimate of drug-likeness (QED) is 0.818. The molecule has 0 aromatic carbocycles. The zero-order chi connectivity index (χ0) is 13.1. The zero-order valence-corrected chi connectivity index (χ0v) is 11.7. The number of aromatic nitrogens is 2. The largest absolute Gasteiger partial charge is 0.332 e. The lowest BCUT2D eigenvalue weighted by Gasteiger charge is -2.24. The highest BCUT2D eigenvalue weighted by Crippen LogP contribution is 2.15. The average Bonchev–Trinajstić information content (AvgIpc) is 2.64. The normalized spacial score (nSPS) is 12.9. The van der Waals surface area contributed by atoms with Crippen LogP contribution in [0.5, 0.6) is 0 Å². The highest BCUT2D eigenvalue weighted by atomic mass is 32.2. The Morgan fingerprint density at radius 1 is 1.41 bits per heavy atom. The maximum Gasteiger partial charge on any atom is 0.258 e. The van der Waals surface area contributed by atoms with Crippen molar-refractivity contribution >= 4 is 10.0 Å². The van der Waals surface area contributed by atoms with E-state index in [9.17, 15) is 8.42 Å². The lowest BCUT2D eigenvalue weighted by Crippen LogP contribution is -2.43. The maximum atomic E-state index is 12.1. The van der Waals surface area contributed by atoms with Crippen molar-refractivity contribution in [1.29, 1.82) is 0 Å². The Kier molecular flexibility index (Phi) is 4.32. The lowest BCUT2D eigenvalue weighted by atomic mass is 10.0. The smallest absolute Gasteiger partial charge is 0.258 e. The summed E-state index contributed by atoms with van der Waals surface area (Å²) in [6.45, 7) is 7.71. The van der Waals surface area contributed by atoms with Crippen LogP contribution in [0.1, 0.15) is 46.4 Å². The summed E-state index contributed by atoms with van der Waals surface area (Å²) in [5.41, 5.74) is -0.439. The minimum absolute atomic E-state index is 0.138. The molecule has 1 rings (SSSR count). The van der Waals surface area contributed by atoms with Crippen molar-refractivity contribution < 1.29 is 8.42 Å². The maximum absolute atomic E-state index is 12.1. The number of hydrogen-bond donors (Lipinski definition) is 2. The van der Waals surface area contributed by atoms with Gasteiger partial charge in [0.1, 0.15) is 5.82 Å². The predicted octanol–water partition coefficient (Wildman–Crippen LogP) is 1.83. The number of nitrogens with zero attached hydrogens (tertiary/aromatic N) is 1. The van der Waals surface area contributed by atoms with Gasteiger partial charge in [-0.1, -0.05) is 20.3 Å². The van der Waals surface area contributed by atoms with E-state index in [1.165, 1.54) is 6.20 Å². The summed E-state index contributed by atoms with van der Waals surface area (Å²) in [5.74, 6) is 0.679. The fraction of sp³-hybridized carbons (Fsp3) is 0.727. The third-order valence-electron chi connectivity index (χ3n) is 2.52. The molecule has 0 fully saturated rings. The van der Waals surface area contributed by atoms with Crippen LogP contribution in [0.3, 0.4) is 0 Å². The molecule has 0 aliphatic heterocycles. The molecule has 1 heterocycles. The lowest BCUT2D eigenvalue weighted by molar-refractivity contribution is 0.417. The van der Waals surface area contributed by atoms with Crippen molar-refractivity contribution in [3.8, 4) is 0 Å². The Balaban J connectivity index is 2.88. The number of H-pyrrole nitrogens is 1. The summed E-state index contributed by atoms with van der Waals surface area (Å²) >= 11 is 0. The molecule has 0 amide bonds. The van der Waals surface area contributed by atoms with Crippen LogP contribution in [0, 0.1) is 0 Å². The van der Waals surface area contributed by atoms with Gasteiger partial charge in [-0.05, 0) is 20.3 Å². The molecule has 0 aliphatic carbocycles. The van der Waals surface area contributed by atoms with E-state index in [0.29, 0.717) is 12.2 Å². The first-order chi connectivity index (χ1) is 7.80. The summed E-state index contributed by atoms with van der Waals surface area (Å²) in [5, 5.41) is 0.138. The topological polar surface area (TPSA) is 74.8 Å². The van der Waals surface area contributed by atoms with Gasteiger partial charge in [0.05, 0.1) is 6.20 Å². The monoisotopic (exact) mass is 259 g/mol. The summed E-state index contributed by atoms with van der Waals surface area (Å²) in [6.07, 6.45) is 3.77. The fourth-order valence-electron chi connectivity index (χ4n) is 1.75. The molecule has 1 aromatic rings. The van der Waals surface area contributed by atoms with E-state index in [1.54, 1.807) is 0 Å². The van der Waals surface area contributed by atoms with Crippen molar-refractivity contribution in [2.45, 2.75) is 57.5 Å². The Morgan fingerprint density at radius 2 is 2.06 bits per heavy atom. The first-order valence-corrected chi connectivity index (χ1v) is 7.37. The van der Waals surface area contributed by atoms with Crippen LogP contribution in [-0.4, -0.2) is 23.9 Å². The van der Waals surface area contributed by atoms with Gasteiger partial charge in [-0.2, -0.15) is 0 Å². The Labute approximate surface area is 103 Å². The van der Waals surface area contributed by atoms with Gasteiger partial charge in [0, 0.05) is 12.0 Å². The van der Waals surface area contributed by atoms with Crippen LogP contribution >= 0.6 is 0 Å². The van der Waals surface area contributed by atoms with Crippen LogP contribution < -0.4 is 4.72 Å². The molecular formula is C11H21N3O2S. The van der Waals surface area contributed by atoms with E-state index in [1.807, 2.05) is 27.7 Å². The second-order valence-electron chi connectivity index (χ2n) is 4.79. The van der Waals surface area contributed by atoms with E-state index in [0.717, 1.165) is 12.8 Å². The van der Waals surface area contributed by atoms with Gasteiger partial charge in [-0.3, -0.25) is 0 Å². The van der Waals surface area contributed by atoms with Crippen LogP contribution in [0.4, 0.5) is 0 Å².